The number of halogens is 6. The number of methoxy groups -OCH3 is 1. The number of ketones is 1. The minimum Gasteiger partial charge on any atom is -0.508 e. The first-order chi connectivity index (χ1) is 45.8. The van der Waals surface area contributed by atoms with Gasteiger partial charge >= 0.3 is 12.1 Å². The summed E-state index contributed by atoms with van der Waals surface area (Å²) in [6, 6.07) is 13.0. The molecule has 30 heteroatoms. The number of hydrogen-bond acceptors (Lipinski definition) is 17. The maximum Gasteiger partial charge on any atom is 0.419 e. The molecule has 6 atom stereocenters. The van der Waals surface area contributed by atoms with E-state index in [2.05, 4.69) is 26.6 Å². The number of carbonyl (C=O) groups is 9. The van der Waals surface area contributed by atoms with Crippen molar-refractivity contribution in [3.05, 3.63) is 191 Å². The van der Waals surface area contributed by atoms with E-state index in [0.717, 1.165) is 53.0 Å². The van der Waals surface area contributed by atoms with Gasteiger partial charge in [0.1, 0.15) is 47.3 Å². The highest BCUT2D eigenvalue weighted by atomic mass is 35.5. The molecule has 12 rings (SSSR count). The molecule has 9 bridgehead atoms. The third-order valence-corrected chi connectivity index (χ3v) is 17.5. The zero-order valence-corrected chi connectivity index (χ0v) is 55.8. The Morgan fingerprint density at radius 1 is 0.629 bits per heavy atom. The number of aromatic hydroxyl groups is 5. The summed E-state index contributed by atoms with van der Waals surface area (Å²) in [4.78, 5) is 135. The number of benzene rings is 7. The Bertz CT molecular complexity index is 4530. The second-order valence-electron chi connectivity index (χ2n) is 23.5. The molecule has 6 amide bonds. The molecule has 5 heterocycles. The number of fused-ring (bicyclic) bond motifs is 15. The van der Waals surface area contributed by atoms with E-state index in [9.17, 15) is 49.5 Å². The quantitative estimate of drug-likeness (QED) is 0.0365. The Morgan fingerprint density at radius 3 is 1.71 bits per heavy atom. The summed E-state index contributed by atoms with van der Waals surface area (Å²) in [6.07, 6.45) is -0.570. The zero-order chi connectivity index (χ0) is 70.4. The van der Waals surface area contributed by atoms with Crippen molar-refractivity contribution in [2.45, 2.75) is 75.5 Å². The van der Waals surface area contributed by atoms with E-state index in [-0.39, 0.29) is 73.5 Å². The number of esters is 1. The van der Waals surface area contributed by atoms with Crippen LogP contribution in [-0.2, 0) is 55.9 Å². The number of phenols is 5. The van der Waals surface area contributed by atoms with Gasteiger partial charge < -0.3 is 71.2 Å². The standard InChI is InChI=1S/C67H55Cl6N7O17/c1-67(2,3)97-66(94)80-27-35-24-46(74-63(91)54(82)34-22-44(72)58(86)45(73)23-34)59(87)75-51(32-18-40(68)56(84)41(69)19-32)61(89)76-50-31-17-39(30-10-15-38(35)47(80)25-30)55(83)49(26-31)96-37-13-6-28(7-14-37)16-48(60(88)78-53(65(93)95-5)29-8-11-36(81)12-9-29)79(4)64(92)52(77-62(50)90)33-20-42(70)57(85)43(71)21-33/h6-15,17-23,25-27,46,48,50-53,81,83-86H,16,24H2,1-5H3,(H,74,91)(H,75,87)(H,76,89)(H,77,90)(H,78,88)/t46-,48+,50-,51-,52-,53-/m1/s1. The fourth-order valence-electron chi connectivity index (χ4n) is 10.9. The summed E-state index contributed by atoms with van der Waals surface area (Å²) in [5.74, 6) is -12.6. The van der Waals surface area contributed by atoms with Gasteiger partial charge in [-0.2, -0.15) is 0 Å². The van der Waals surface area contributed by atoms with Crippen molar-refractivity contribution in [3.63, 3.8) is 0 Å². The first-order valence-corrected chi connectivity index (χ1v) is 31.3. The molecular weight excluding hydrogens is 1390 g/mol. The van der Waals surface area contributed by atoms with Crippen molar-refractivity contribution < 1.29 is 82.9 Å². The number of nitrogens with one attached hydrogen (secondary N) is 5. The molecule has 97 heavy (non-hydrogen) atoms. The van der Waals surface area contributed by atoms with E-state index in [0.29, 0.717) is 5.56 Å². The normalized spacial score (nSPS) is 17.8. The number of hydrogen-bond donors (Lipinski definition) is 10. The van der Waals surface area contributed by atoms with Crippen molar-refractivity contribution in [1.82, 2.24) is 36.1 Å². The van der Waals surface area contributed by atoms with Gasteiger partial charge in [-0.25, -0.2) is 9.59 Å². The van der Waals surface area contributed by atoms with Gasteiger partial charge in [-0.1, -0.05) is 106 Å². The molecule has 0 fully saturated rings. The van der Waals surface area contributed by atoms with Crippen LogP contribution >= 0.6 is 69.6 Å². The molecule has 0 unspecified atom stereocenters. The number of phenolic OH excluding ortho intramolecular Hbond substituents is 5. The molecular formula is C67H55Cl6N7O17. The highest BCUT2D eigenvalue weighted by molar-refractivity contribution is 6.45. The molecule has 0 saturated carbocycles. The van der Waals surface area contributed by atoms with Crippen LogP contribution in [0.1, 0.15) is 88.7 Å². The molecule has 502 valence electrons. The Balaban J connectivity index is 1.20. The molecule has 8 aromatic rings. The predicted octanol–water partition coefficient (Wildman–Crippen LogP) is 10.5. The number of rotatable bonds is 9. The lowest BCUT2D eigenvalue weighted by molar-refractivity contribution is -0.147. The molecule has 7 aromatic carbocycles. The summed E-state index contributed by atoms with van der Waals surface area (Å²) in [6.45, 7) is 4.82. The minimum atomic E-state index is -2.15. The molecule has 0 radical (unpaired) electrons. The Labute approximate surface area is 580 Å². The summed E-state index contributed by atoms with van der Waals surface area (Å²) < 4.78 is 18.4. The van der Waals surface area contributed by atoms with Gasteiger partial charge in [0.25, 0.3) is 5.91 Å². The Morgan fingerprint density at radius 2 is 1.15 bits per heavy atom. The van der Waals surface area contributed by atoms with Crippen LogP contribution in [0.4, 0.5) is 4.79 Å². The smallest absolute Gasteiger partial charge is 0.419 e. The maximum atomic E-state index is 16.0. The minimum absolute atomic E-state index is 0.0351. The van der Waals surface area contributed by atoms with Crippen LogP contribution in [0.5, 0.6) is 40.2 Å². The highest BCUT2D eigenvalue weighted by Crippen LogP contribution is 2.45. The van der Waals surface area contributed by atoms with Crippen molar-refractivity contribution in [2.75, 3.05) is 14.2 Å². The van der Waals surface area contributed by atoms with Gasteiger partial charge in [0.15, 0.2) is 34.8 Å². The van der Waals surface area contributed by atoms with Gasteiger partial charge in [0.2, 0.25) is 35.3 Å². The second kappa shape index (κ2) is 28.0. The predicted molar refractivity (Wildman–Crippen MR) is 355 cm³/mol. The summed E-state index contributed by atoms with van der Waals surface area (Å²) >= 11 is 38.4. The lowest BCUT2D eigenvalue weighted by Crippen LogP contribution is -2.55. The molecule has 1 aromatic heterocycles. The summed E-state index contributed by atoms with van der Waals surface area (Å²) in [7, 11) is 2.29. The number of ether oxygens (including phenoxy) is 3. The number of aromatic nitrogens is 1. The summed E-state index contributed by atoms with van der Waals surface area (Å²) in [5.41, 5.74) is -1.57. The first-order valence-electron chi connectivity index (χ1n) is 29.0. The number of Topliss-reactive ketones (excluding diaryl/α,β-unsaturated/α-hetero) is 1. The fourth-order valence-corrected chi connectivity index (χ4v) is 12.4. The monoisotopic (exact) mass is 1440 g/mol. The lowest BCUT2D eigenvalue weighted by atomic mass is 9.94. The molecule has 0 spiro atoms. The van der Waals surface area contributed by atoms with Crippen LogP contribution in [0.2, 0.25) is 30.1 Å². The van der Waals surface area contributed by atoms with Crippen molar-refractivity contribution in [1.29, 1.82) is 0 Å². The van der Waals surface area contributed by atoms with Crippen LogP contribution in [0.15, 0.2) is 121 Å². The lowest BCUT2D eigenvalue weighted by Gasteiger charge is -2.33. The van der Waals surface area contributed by atoms with Crippen molar-refractivity contribution in [3.8, 4) is 51.4 Å². The number of amides is 6. The topological polar surface area (TPSA) is 351 Å². The van der Waals surface area contributed by atoms with E-state index < -0.39 is 160 Å². The molecule has 4 aliphatic heterocycles. The average molecular weight is 1440 g/mol. The molecule has 0 aliphatic carbocycles. The van der Waals surface area contributed by atoms with E-state index in [1.807, 2.05) is 0 Å². The maximum absolute atomic E-state index is 16.0. The van der Waals surface area contributed by atoms with E-state index >= 15 is 19.2 Å². The van der Waals surface area contributed by atoms with Crippen LogP contribution < -0.4 is 31.3 Å². The van der Waals surface area contributed by atoms with Crippen LogP contribution in [0.3, 0.4) is 0 Å². The SMILES string of the molecule is COC(=O)[C@H](NC(=O)[C@@H]1Cc2ccc(cc2)Oc2cc3cc(c2O)-c2ccc4c(cn(C(=O)OC(C)(C)C)c4c2)C[C@@H](NC(=O)C(=O)c2cc(Cl)c(O)c(Cl)c2)C(=O)N[C@H](c2cc(Cl)c(O)c(Cl)c2)C(=O)N[C@H]3C(=O)N[C@H](c2cc(Cl)c(O)c(Cl)c2)C(=O)N1C)c1ccc(O)cc1. The van der Waals surface area contributed by atoms with E-state index in [1.165, 1.54) is 92.1 Å². The van der Waals surface area contributed by atoms with E-state index in [1.54, 1.807) is 20.8 Å². The highest BCUT2D eigenvalue weighted by Gasteiger charge is 2.41. The van der Waals surface area contributed by atoms with Crippen LogP contribution in [-0.4, -0.2) is 120 Å². The molecule has 10 N–H and O–H groups in total. The Hall–Kier alpha value is -9.95. The number of likely N-dealkylation sites (N-methyl/N-ethyl adjacent to an activating group) is 1. The molecule has 24 nitrogen and oxygen atoms in total. The average Bonchev–Trinajstić information content (AvgIpc) is 1.71. The van der Waals surface area contributed by atoms with Gasteiger partial charge in [-0.05, 0) is 139 Å². The van der Waals surface area contributed by atoms with Gasteiger partial charge in [0, 0.05) is 42.6 Å². The van der Waals surface area contributed by atoms with E-state index in [4.69, 9.17) is 83.8 Å². The first kappa shape index (κ1) is 69.9. The van der Waals surface area contributed by atoms with Crippen LogP contribution in [0, 0.1) is 0 Å². The van der Waals surface area contributed by atoms with Gasteiger partial charge in [0.05, 0.1) is 42.8 Å². The second-order valence-corrected chi connectivity index (χ2v) is 25.9. The number of nitrogens with zero attached hydrogens (tertiary/aromatic N) is 2. The summed E-state index contributed by atoms with van der Waals surface area (Å²) in [5, 5.41) is 65.1. The third kappa shape index (κ3) is 14.9. The van der Waals surface area contributed by atoms with Gasteiger partial charge in [-0.15, -0.1) is 0 Å². The fraction of sp³-hybridized carbons (Fsp3) is 0.209. The third-order valence-electron chi connectivity index (χ3n) is 15.8. The van der Waals surface area contributed by atoms with Gasteiger partial charge in [-0.3, -0.25) is 38.1 Å². The van der Waals surface area contributed by atoms with Crippen molar-refractivity contribution >= 4 is 134 Å². The zero-order valence-electron chi connectivity index (χ0n) is 51.2. The Kier molecular flexibility index (Phi) is 20.2. The molecule has 4 aliphatic rings. The van der Waals surface area contributed by atoms with Crippen LogP contribution in [0.25, 0.3) is 22.0 Å². The van der Waals surface area contributed by atoms with Crippen molar-refractivity contribution in [2.24, 2.45) is 0 Å². The number of carbonyl (C=O) groups excluding carboxylic acids is 9. The molecule has 0 saturated heterocycles. The largest absolute Gasteiger partial charge is 0.508 e.